The first-order valence-electron chi connectivity index (χ1n) is 25.6. The van der Waals surface area contributed by atoms with Gasteiger partial charge in [-0.1, -0.05) is 97.9 Å². The van der Waals surface area contributed by atoms with Gasteiger partial charge in [-0.3, -0.25) is 29.3 Å². The van der Waals surface area contributed by atoms with E-state index >= 15 is 0 Å². The van der Waals surface area contributed by atoms with Gasteiger partial charge in [0.05, 0.1) is 11.0 Å². The third-order valence-electron chi connectivity index (χ3n) is 14.7. The number of nitro groups is 1. The lowest BCUT2D eigenvalue weighted by atomic mass is 9.63. The van der Waals surface area contributed by atoms with E-state index in [-0.39, 0.29) is 42.9 Å². The lowest BCUT2D eigenvalue weighted by Crippen LogP contribution is -2.50. The van der Waals surface area contributed by atoms with Gasteiger partial charge in [0, 0.05) is 43.8 Å². The predicted octanol–water partition coefficient (Wildman–Crippen LogP) is 10.5. The smallest absolute Gasteiger partial charge is 0.429 e. The number of benzene rings is 2. The summed E-state index contributed by atoms with van der Waals surface area (Å²) < 4.78 is 16.5. The predicted molar refractivity (Wildman–Crippen MR) is 268 cm³/mol. The molecule has 2 aromatic rings. The highest BCUT2D eigenvalue weighted by atomic mass is 16.7. The third kappa shape index (κ3) is 18.2. The van der Waals surface area contributed by atoms with Gasteiger partial charge in [-0.25, -0.2) is 4.79 Å². The summed E-state index contributed by atoms with van der Waals surface area (Å²) in [5.74, 6) is 4.41. The van der Waals surface area contributed by atoms with E-state index in [9.17, 15) is 34.1 Å². The molecule has 382 valence electrons. The van der Waals surface area contributed by atoms with E-state index in [0.29, 0.717) is 42.7 Å². The maximum atomic E-state index is 12.8. The third-order valence-corrected chi connectivity index (χ3v) is 14.7. The van der Waals surface area contributed by atoms with Crippen molar-refractivity contribution in [2.24, 2.45) is 47.3 Å². The van der Waals surface area contributed by atoms with E-state index in [1.807, 2.05) is 0 Å². The molecular formula is C54H81N5O10. The number of amides is 4. The summed E-state index contributed by atoms with van der Waals surface area (Å²) in [5, 5.41) is 21.5. The average molecular weight is 960 g/mol. The van der Waals surface area contributed by atoms with Gasteiger partial charge in [0.2, 0.25) is 23.6 Å². The van der Waals surface area contributed by atoms with Crippen LogP contribution in [0, 0.1) is 57.5 Å². The number of ether oxygens (including phenoxy) is 3. The molecule has 4 rings (SSSR count). The molecule has 0 spiro atoms. The summed E-state index contributed by atoms with van der Waals surface area (Å²) in [5.41, 5.74) is 2.42. The van der Waals surface area contributed by atoms with Crippen molar-refractivity contribution in [3.05, 3.63) is 75.9 Å². The Morgan fingerprint density at radius 2 is 1.49 bits per heavy atom. The number of nitrogens with zero attached hydrogens (tertiary/aromatic N) is 1. The number of rotatable bonds is 27. The second-order valence-corrected chi connectivity index (χ2v) is 20.0. The van der Waals surface area contributed by atoms with E-state index in [1.165, 1.54) is 83.1 Å². The number of non-ortho nitro benzene ring substituents is 1. The first-order valence-corrected chi connectivity index (χ1v) is 25.6. The average Bonchev–Trinajstić information content (AvgIpc) is 3.70. The zero-order chi connectivity index (χ0) is 50.6. The van der Waals surface area contributed by atoms with Crippen molar-refractivity contribution in [2.75, 3.05) is 18.5 Å². The quantitative estimate of drug-likeness (QED) is 0.0167. The van der Waals surface area contributed by atoms with Crippen molar-refractivity contribution in [1.29, 1.82) is 0 Å². The Bertz CT molecular complexity index is 2010. The number of carbonyl (C=O) groups is 5. The van der Waals surface area contributed by atoms with Crippen LogP contribution in [-0.4, -0.2) is 66.0 Å². The molecule has 0 radical (unpaired) electrons. The number of allylic oxidation sites excluding steroid dienone is 1. The van der Waals surface area contributed by atoms with Crippen molar-refractivity contribution in [2.45, 2.75) is 164 Å². The zero-order valence-corrected chi connectivity index (χ0v) is 42.7. The molecule has 0 aliphatic heterocycles. The van der Waals surface area contributed by atoms with Gasteiger partial charge in [0.1, 0.15) is 24.4 Å². The number of anilines is 1. The van der Waals surface area contributed by atoms with Crippen LogP contribution >= 0.6 is 0 Å². The standard InChI is InChI=1S/C54H81N5O10/c1-10-44(32-41-18-25-49(46(11-2)36(41)6)48-27-26-47(37(48)7)35(5)15-12-14-34(3)4)67-31-13-30-55-50(60)28-29-51(61)56-38(8)52(62)57-39(9)53(63)58-42-19-16-40(17-20-42)33-68-54(64)69-45-23-21-43(22-24-45)59(65)66/h16-24,34-39,44,46-49H,10-15,25-33H2,1-9H3,(H,55,60)(H,56,61)(H,57,62)(H,58,63). The molecule has 15 heteroatoms. The largest absolute Gasteiger partial charge is 0.514 e. The Labute approximate surface area is 410 Å². The Hall–Kier alpha value is -5.31. The molecule has 0 saturated heterocycles. The van der Waals surface area contributed by atoms with Crippen LogP contribution in [0.25, 0.3) is 0 Å². The van der Waals surface area contributed by atoms with Gasteiger partial charge < -0.3 is 35.5 Å². The van der Waals surface area contributed by atoms with E-state index in [2.05, 4.69) is 75.8 Å². The monoisotopic (exact) mass is 960 g/mol. The minimum absolute atomic E-state index is 0.0299. The summed E-state index contributed by atoms with van der Waals surface area (Å²) in [6.07, 6.45) is 13.4. The molecule has 2 aliphatic carbocycles. The van der Waals surface area contributed by atoms with E-state index in [0.717, 1.165) is 48.3 Å². The molecule has 0 heterocycles. The van der Waals surface area contributed by atoms with Crippen LogP contribution in [0.1, 0.15) is 145 Å². The molecule has 15 nitrogen and oxygen atoms in total. The lowest BCUT2D eigenvalue weighted by molar-refractivity contribution is -0.384. The summed E-state index contributed by atoms with van der Waals surface area (Å²) in [6.45, 7) is 20.6. The Morgan fingerprint density at radius 3 is 2.14 bits per heavy atom. The molecule has 69 heavy (non-hydrogen) atoms. The lowest BCUT2D eigenvalue weighted by Gasteiger charge is -2.42. The second kappa shape index (κ2) is 28.4. The summed E-state index contributed by atoms with van der Waals surface area (Å²) in [7, 11) is 0. The molecule has 0 bridgehead atoms. The molecule has 1 saturated carbocycles. The second-order valence-electron chi connectivity index (χ2n) is 20.0. The number of carbonyl (C=O) groups excluding carboxylic acids is 5. The molecule has 4 N–H and O–H groups in total. The Kier molecular flexibility index (Phi) is 23.1. The van der Waals surface area contributed by atoms with Gasteiger partial charge in [-0.05, 0) is 130 Å². The van der Waals surface area contributed by atoms with E-state index in [4.69, 9.17) is 14.2 Å². The van der Waals surface area contributed by atoms with Crippen LogP contribution in [0.2, 0.25) is 0 Å². The number of nitrogens with one attached hydrogen (secondary N) is 4. The molecule has 10 unspecified atom stereocenters. The van der Waals surface area contributed by atoms with Crippen LogP contribution in [-0.2, 0) is 35.3 Å². The van der Waals surface area contributed by atoms with Crippen LogP contribution in [0.5, 0.6) is 5.75 Å². The van der Waals surface area contributed by atoms with E-state index < -0.39 is 40.9 Å². The van der Waals surface area contributed by atoms with Crippen LogP contribution in [0.15, 0.2) is 60.2 Å². The normalized spacial score (nSPS) is 21.8. The molecule has 4 amide bonds. The molecule has 2 aliphatic rings. The maximum Gasteiger partial charge on any atom is 0.514 e. The van der Waals surface area contributed by atoms with Crippen LogP contribution in [0.4, 0.5) is 16.2 Å². The number of hydrogen-bond acceptors (Lipinski definition) is 10. The molecule has 10 atom stereocenters. The summed E-state index contributed by atoms with van der Waals surface area (Å²) in [6, 6.07) is 9.50. The van der Waals surface area contributed by atoms with Crippen molar-refractivity contribution < 1.29 is 43.1 Å². The van der Waals surface area contributed by atoms with Gasteiger partial charge in [-0.15, -0.1) is 0 Å². The van der Waals surface area contributed by atoms with E-state index in [1.54, 1.807) is 29.8 Å². The van der Waals surface area contributed by atoms with Crippen molar-refractivity contribution in [1.82, 2.24) is 16.0 Å². The van der Waals surface area contributed by atoms with Gasteiger partial charge in [-0.2, -0.15) is 0 Å². The SMILES string of the molecule is CCC(CC1=CCC(C2CCC(C(C)CCCC(C)C)C2C)C(CC)C1C)OCCCNC(=O)CCC(=O)NC(C)C(=O)NC(C)C(=O)Nc1ccc(COC(=O)Oc2ccc([N+](=O)[O-])cc2)cc1. The topological polar surface area (TPSA) is 204 Å². The molecule has 0 aromatic heterocycles. The van der Waals surface area contributed by atoms with Crippen LogP contribution < -0.4 is 26.0 Å². The summed E-state index contributed by atoms with van der Waals surface area (Å²) in [4.78, 5) is 73.0. The highest BCUT2D eigenvalue weighted by molar-refractivity contribution is 5.98. The first kappa shape index (κ1) is 56.3. The van der Waals surface area contributed by atoms with Crippen molar-refractivity contribution in [3.8, 4) is 5.75 Å². The minimum Gasteiger partial charge on any atom is -0.429 e. The maximum absolute atomic E-state index is 12.8. The number of hydrogen-bond donors (Lipinski definition) is 4. The Balaban J connectivity index is 1.08. The summed E-state index contributed by atoms with van der Waals surface area (Å²) >= 11 is 0. The fourth-order valence-corrected chi connectivity index (χ4v) is 10.5. The highest BCUT2D eigenvalue weighted by Crippen LogP contribution is 2.52. The van der Waals surface area contributed by atoms with Crippen LogP contribution in [0.3, 0.4) is 0 Å². The fraction of sp³-hybridized carbons (Fsp3) is 0.648. The fourth-order valence-electron chi connectivity index (χ4n) is 10.5. The van der Waals surface area contributed by atoms with Gasteiger partial charge in [0.25, 0.3) is 5.69 Å². The Morgan fingerprint density at radius 1 is 0.812 bits per heavy atom. The number of nitro benzene ring substituents is 1. The molecule has 2 aromatic carbocycles. The van der Waals surface area contributed by atoms with Gasteiger partial charge >= 0.3 is 6.16 Å². The van der Waals surface area contributed by atoms with Crippen molar-refractivity contribution >= 4 is 41.2 Å². The molecule has 1 fully saturated rings. The first-order chi connectivity index (χ1) is 32.9. The van der Waals surface area contributed by atoms with Crippen molar-refractivity contribution in [3.63, 3.8) is 0 Å². The zero-order valence-electron chi connectivity index (χ0n) is 42.7. The van der Waals surface area contributed by atoms with Gasteiger partial charge in [0.15, 0.2) is 0 Å². The molecular weight excluding hydrogens is 879 g/mol. The minimum atomic E-state index is -0.997. The highest BCUT2D eigenvalue weighted by Gasteiger charge is 2.44.